The lowest BCUT2D eigenvalue weighted by Gasteiger charge is -2.23. The number of anilines is 4. The highest BCUT2D eigenvalue weighted by atomic mass is 16.5. The van der Waals surface area contributed by atoms with Crippen LogP contribution in [0, 0.1) is 12.8 Å². The predicted octanol–water partition coefficient (Wildman–Crippen LogP) is 5.44. The summed E-state index contributed by atoms with van der Waals surface area (Å²) in [5.74, 6) is 2.18. The Morgan fingerprint density at radius 2 is 1.83 bits per heavy atom. The van der Waals surface area contributed by atoms with Crippen LogP contribution in [-0.4, -0.2) is 22.4 Å². The first-order valence-corrected chi connectivity index (χ1v) is 10.3. The number of rotatable bonds is 6. The van der Waals surface area contributed by atoms with Gasteiger partial charge in [-0.15, -0.1) is 0 Å². The zero-order chi connectivity index (χ0) is 21.1. The summed E-state index contributed by atoms with van der Waals surface area (Å²) in [6.07, 6.45) is 1.27. The van der Waals surface area contributed by atoms with Crippen LogP contribution in [0.25, 0.3) is 0 Å². The van der Waals surface area contributed by atoms with Crippen LogP contribution in [0.2, 0.25) is 0 Å². The molecule has 1 aromatic heterocycles. The average molecular weight is 402 g/mol. The Labute approximate surface area is 176 Å². The fraction of sp³-hybridized carbons (Fsp3) is 0.292. The van der Waals surface area contributed by atoms with E-state index in [0.717, 1.165) is 34.8 Å². The molecular weight excluding hydrogens is 376 g/mol. The van der Waals surface area contributed by atoms with Crippen LogP contribution < -0.4 is 15.4 Å². The molecule has 6 nitrogen and oxygen atoms in total. The second-order valence-corrected chi connectivity index (χ2v) is 7.73. The van der Waals surface area contributed by atoms with E-state index in [1.165, 1.54) is 0 Å². The first-order valence-electron chi connectivity index (χ1n) is 10.3. The van der Waals surface area contributed by atoms with Crippen molar-refractivity contribution in [3.8, 4) is 5.75 Å². The van der Waals surface area contributed by atoms with E-state index < -0.39 is 0 Å². The van der Waals surface area contributed by atoms with E-state index in [4.69, 9.17) is 4.74 Å². The van der Waals surface area contributed by atoms with E-state index in [-0.39, 0.29) is 11.7 Å². The van der Waals surface area contributed by atoms with E-state index in [2.05, 4.69) is 27.5 Å². The standard InChI is InChI=1S/C24H26N4O2/c1-4-30-19-10-8-17(9-11-19)25-23-22-20(13-16(3)14-21(22)29)27-24(28-23)26-18-7-5-6-15(2)12-18/h5-12,16H,4,13-14H2,1-3H3,(H2,25,26,27,28). The fourth-order valence-electron chi connectivity index (χ4n) is 3.70. The maximum Gasteiger partial charge on any atom is 0.229 e. The molecule has 0 bridgehead atoms. The van der Waals surface area contributed by atoms with Gasteiger partial charge in [0.15, 0.2) is 5.78 Å². The van der Waals surface area contributed by atoms with Crippen molar-refractivity contribution >= 4 is 28.9 Å². The largest absolute Gasteiger partial charge is 0.494 e. The Balaban J connectivity index is 1.69. The van der Waals surface area contributed by atoms with Gasteiger partial charge in [0, 0.05) is 17.8 Å². The third-order valence-corrected chi connectivity index (χ3v) is 5.04. The van der Waals surface area contributed by atoms with Crippen molar-refractivity contribution < 1.29 is 9.53 Å². The van der Waals surface area contributed by atoms with Crippen LogP contribution >= 0.6 is 0 Å². The van der Waals surface area contributed by atoms with Gasteiger partial charge >= 0.3 is 0 Å². The number of nitrogens with zero attached hydrogens (tertiary/aromatic N) is 2. The normalized spacial score (nSPS) is 15.4. The highest BCUT2D eigenvalue weighted by Crippen LogP contribution is 2.32. The van der Waals surface area contributed by atoms with Gasteiger partial charge in [-0.05, 0) is 68.1 Å². The molecule has 0 spiro atoms. The summed E-state index contributed by atoms with van der Waals surface area (Å²) in [5.41, 5.74) is 4.29. The molecule has 2 N–H and O–H groups in total. The number of Topliss-reactive ketones (excluding diaryl/α,β-unsaturated/α-hetero) is 1. The highest BCUT2D eigenvalue weighted by molar-refractivity contribution is 6.03. The molecule has 0 fully saturated rings. The van der Waals surface area contributed by atoms with Crippen LogP contribution in [0.1, 0.15) is 41.9 Å². The molecular formula is C24H26N4O2. The van der Waals surface area contributed by atoms with Crippen molar-refractivity contribution in [2.24, 2.45) is 5.92 Å². The number of hydrogen-bond donors (Lipinski definition) is 2. The number of aromatic nitrogens is 2. The summed E-state index contributed by atoms with van der Waals surface area (Å²) in [4.78, 5) is 22.1. The molecule has 1 aliphatic rings. The highest BCUT2D eigenvalue weighted by Gasteiger charge is 2.28. The molecule has 0 aliphatic heterocycles. The van der Waals surface area contributed by atoms with Crippen molar-refractivity contribution in [3.05, 3.63) is 65.4 Å². The van der Waals surface area contributed by atoms with Gasteiger partial charge in [0.1, 0.15) is 11.6 Å². The summed E-state index contributed by atoms with van der Waals surface area (Å²) in [6.45, 7) is 6.69. The number of aryl methyl sites for hydroxylation is 1. The topological polar surface area (TPSA) is 76.1 Å². The lowest BCUT2D eigenvalue weighted by atomic mass is 9.87. The summed E-state index contributed by atoms with van der Waals surface area (Å²) in [6, 6.07) is 15.7. The fourth-order valence-corrected chi connectivity index (χ4v) is 3.70. The van der Waals surface area contributed by atoms with Crippen LogP contribution in [0.4, 0.5) is 23.1 Å². The Hall–Kier alpha value is -3.41. The van der Waals surface area contributed by atoms with Crippen molar-refractivity contribution in [2.75, 3.05) is 17.2 Å². The van der Waals surface area contributed by atoms with Crippen molar-refractivity contribution in [1.29, 1.82) is 0 Å². The second kappa shape index (κ2) is 8.53. The number of fused-ring (bicyclic) bond motifs is 1. The third kappa shape index (κ3) is 4.43. The maximum absolute atomic E-state index is 12.8. The van der Waals surface area contributed by atoms with Crippen molar-refractivity contribution in [1.82, 2.24) is 9.97 Å². The van der Waals surface area contributed by atoms with Gasteiger partial charge in [-0.2, -0.15) is 4.98 Å². The third-order valence-electron chi connectivity index (χ3n) is 5.04. The summed E-state index contributed by atoms with van der Waals surface area (Å²) in [5, 5.41) is 6.60. The molecule has 1 atom stereocenters. The van der Waals surface area contributed by atoms with E-state index in [0.29, 0.717) is 30.4 Å². The zero-order valence-corrected chi connectivity index (χ0v) is 17.5. The van der Waals surface area contributed by atoms with Gasteiger partial charge in [0.05, 0.1) is 17.9 Å². The summed E-state index contributed by atoms with van der Waals surface area (Å²) < 4.78 is 5.51. The van der Waals surface area contributed by atoms with Gasteiger partial charge in [-0.1, -0.05) is 19.1 Å². The van der Waals surface area contributed by atoms with Gasteiger partial charge in [0.2, 0.25) is 5.95 Å². The van der Waals surface area contributed by atoms with E-state index in [9.17, 15) is 4.79 Å². The lowest BCUT2D eigenvalue weighted by Crippen LogP contribution is -2.22. The van der Waals surface area contributed by atoms with Crippen LogP contribution in [-0.2, 0) is 6.42 Å². The molecule has 4 rings (SSSR count). The Morgan fingerprint density at radius 3 is 2.57 bits per heavy atom. The molecule has 3 aromatic rings. The summed E-state index contributed by atoms with van der Waals surface area (Å²) >= 11 is 0. The number of hydrogen-bond acceptors (Lipinski definition) is 6. The van der Waals surface area contributed by atoms with E-state index in [1.807, 2.05) is 62.4 Å². The molecule has 30 heavy (non-hydrogen) atoms. The van der Waals surface area contributed by atoms with Gasteiger partial charge in [0.25, 0.3) is 0 Å². The number of ketones is 1. The van der Waals surface area contributed by atoms with Gasteiger partial charge in [-0.25, -0.2) is 4.98 Å². The summed E-state index contributed by atoms with van der Waals surface area (Å²) in [7, 11) is 0. The lowest BCUT2D eigenvalue weighted by molar-refractivity contribution is 0.0953. The first-order chi connectivity index (χ1) is 14.5. The monoisotopic (exact) mass is 402 g/mol. The smallest absolute Gasteiger partial charge is 0.229 e. The van der Waals surface area contributed by atoms with Gasteiger partial charge < -0.3 is 15.4 Å². The van der Waals surface area contributed by atoms with E-state index >= 15 is 0 Å². The number of benzene rings is 2. The Bertz CT molecular complexity index is 1060. The maximum atomic E-state index is 12.8. The number of carbonyl (C=O) groups is 1. The van der Waals surface area contributed by atoms with Crippen molar-refractivity contribution in [2.45, 2.75) is 33.6 Å². The molecule has 1 heterocycles. The molecule has 6 heteroatoms. The number of nitrogens with one attached hydrogen (secondary N) is 2. The molecule has 0 saturated carbocycles. The van der Waals surface area contributed by atoms with Crippen molar-refractivity contribution in [3.63, 3.8) is 0 Å². The first kappa shape index (κ1) is 19.9. The Kier molecular flexibility index (Phi) is 5.65. The molecule has 154 valence electrons. The number of ether oxygens (including phenoxy) is 1. The minimum absolute atomic E-state index is 0.0827. The zero-order valence-electron chi connectivity index (χ0n) is 17.5. The van der Waals surface area contributed by atoms with Crippen LogP contribution in [0.15, 0.2) is 48.5 Å². The SMILES string of the molecule is CCOc1ccc(Nc2nc(Nc3cccc(C)c3)nc3c2C(=O)CC(C)C3)cc1. The number of carbonyl (C=O) groups excluding carboxylic acids is 1. The van der Waals surface area contributed by atoms with Crippen LogP contribution in [0.3, 0.4) is 0 Å². The minimum Gasteiger partial charge on any atom is -0.494 e. The molecule has 0 radical (unpaired) electrons. The second-order valence-electron chi connectivity index (χ2n) is 7.73. The quantitative estimate of drug-likeness (QED) is 0.572. The average Bonchev–Trinajstić information content (AvgIpc) is 2.69. The van der Waals surface area contributed by atoms with Gasteiger partial charge in [-0.3, -0.25) is 4.79 Å². The van der Waals surface area contributed by atoms with E-state index in [1.54, 1.807) is 0 Å². The molecule has 0 amide bonds. The molecule has 1 aliphatic carbocycles. The Morgan fingerprint density at radius 1 is 1.03 bits per heavy atom. The minimum atomic E-state index is 0.0827. The molecule has 0 saturated heterocycles. The molecule has 2 aromatic carbocycles. The molecule has 1 unspecified atom stereocenters. The van der Waals surface area contributed by atoms with Crippen LogP contribution in [0.5, 0.6) is 5.75 Å². The predicted molar refractivity (Wildman–Crippen MR) is 119 cm³/mol.